The van der Waals surface area contributed by atoms with E-state index in [-0.39, 0.29) is 0 Å². The van der Waals surface area contributed by atoms with Crippen molar-refractivity contribution in [2.75, 3.05) is 0 Å². The van der Waals surface area contributed by atoms with Gasteiger partial charge in [0, 0.05) is 0 Å². The lowest BCUT2D eigenvalue weighted by molar-refractivity contribution is 0.799. The van der Waals surface area contributed by atoms with Crippen LogP contribution in [-0.4, -0.2) is 5.16 Å². The maximum absolute atomic E-state index is 2.80. The van der Waals surface area contributed by atoms with Gasteiger partial charge in [-0.3, -0.25) is 0 Å². The van der Waals surface area contributed by atoms with E-state index in [1.165, 1.54) is 10.6 Å². The highest BCUT2D eigenvalue weighted by atomic mass is 31.1. The van der Waals surface area contributed by atoms with E-state index in [0.29, 0.717) is 5.16 Å². The zero-order chi connectivity index (χ0) is 9.19. The number of rotatable bonds is 1. The summed E-state index contributed by atoms with van der Waals surface area (Å²) in [6.45, 7) is 6.84. The van der Waals surface area contributed by atoms with Crippen molar-refractivity contribution in [3.8, 4) is 0 Å². The van der Waals surface area contributed by atoms with Crippen LogP contribution in [0, 0.1) is 0 Å². The Bertz CT molecular complexity index is 261. The number of hydrogen-bond donors (Lipinski definition) is 0. The predicted octanol–water partition coefficient (Wildman–Crippen LogP) is 2.29. The number of hydrogen-bond acceptors (Lipinski definition) is 0. The summed E-state index contributed by atoms with van der Waals surface area (Å²) in [4.78, 5) is 0. The van der Waals surface area contributed by atoms with Crippen molar-refractivity contribution in [1.29, 1.82) is 0 Å². The summed E-state index contributed by atoms with van der Waals surface area (Å²) in [5.74, 6) is 0. The fraction of sp³-hybridized carbons (Fsp3) is 0.400. The Morgan fingerprint density at radius 2 is 1.75 bits per heavy atom. The molecule has 0 aliphatic heterocycles. The van der Waals surface area contributed by atoms with Crippen LogP contribution in [0.5, 0.6) is 0 Å². The van der Waals surface area contributed by atoms with Crippen LogP contribution >= 0.6 is 17.8 Å². The third-order valence-electron chi connectivity index (χ3n) is 1.47. The first kappa shape index (κ1) is 10.2. The molecule has 0 spiro atoms. The summed E-state index contributed by atoms with van der Waals surface area (Å²) in [7, 11) is 3.69. The van der Waals surface area contributed by atoms with Crippen LogP contribution < -0.4 is 10.6 Å². The van der Waals surface area contributed by atoms with Crippen molar-refractivity contribution in [3.63, 3.8) is 0 Å². The maximum Gasteiger partial charge on any atom is -0.0166 e. The molecule has 1 aromatic carbocycles. The maximum atomic E-state index is 2.80. The summed E-state index contributed by atoms with van der Waals surface area (Å²) >= 11 is 0. The van der Waals surface area contributed by atoms with E-state index in [9.17, 15) is 0 Å². The van der Waals surface area contributed by atoms with Crippen molar-refractivity contribution in [2.45, 2.75) is 25.9 Å². The van der Waals surface area contributed by atoms with E-state index in [2.05, 4.69) is 54.3 Å². The molecule has 0 heterocycles. The summed E-state index contributed by atoms with van der Waals surface area (Å²) in [5.41, 5.74) is 0. The second kappa shape index (κ2) is 3.86. The molecule has 0 saturated carbocycles. The minimum atomic E-state index is 0.409. The van der Waals surface area contributed by atoms with Crippen LogP contribution in [0.3, 0.4) is 0 Å². The van der Waals surface area contributed by atoms with Gasteiger partial charge in [0.2, 0.25) is 0 Å². The highest BCUT2D eigenvalue weighted by Crippen LogP contribution is 2.28. The summed E-state index contributed by atoms with van der Waals surface area (Å²) in [6.07, 6.45) is 0. The lowest BCUT2D eigenvalue weighted by Crippen LogP contribution is -2.19. The molecule has 2 unspecified atom stereocenters. The first-order valence-electron chi connectivity index (χ1n) is 4.12. The largest absolute Gasteiger partial charge is 0.105 e. The summed E-state index contributed by atoms with van der Waals surface area (Å²) in [6, 6.07) is 8.56. The van der Waals surface area contributed by atoms with Crippen molar-refractivity contribution in [3.05, 3.63) is 24.3 Å². The van der Waals surface area contributed by atoms with E-state index in [1.807, 2.05) is 0 Å². The van der Waals surface area contributed by atoms with E-state index < -0.39 is 0 Å². The third kappa shape index (κ3) is 3.21. The molecule has 2 atom stereocenters. The van der Waals surface area contributed by atoms with Crippen LogP contribution in [0.2, 0.25) is 0 Å². The van der Waals surface area contributed by atoms with Gasteiger partial charge < -0.3 is 0 Å². The van der Waals surface area contributed by atoms with Gasteiger partial charge in [0.25, 0.3) is 0 Å². The molecule has 0 aliphatic carbocycles. The molecule has 0 bridgehead atoms. The Hall–Kier alpha value is 0.0800. The van der Waals surface area contributed by atoms with E-state index in [0.717, 1.165) is 8.58 Å². The minimum absolute atomic E-state index is 0.409. The van der Waals surface area contributed by atoms with Gasteiger partial charge in [0.1, 0.15) is 0 Å². The summed E-state index contributed by atoms with van der Waals surface area (Å²) in [5, 5.41) is 3.22. The van der Waals surface area contributed by atoms with Crippen LogP contribution in [0.4, 0.5) is 0 Å². The lowest BCUT2D eigenvalue weighted by Gasteiger charge is -2.19. The first-order valence-corrected chi connectivity index (χ1v) is 5.69. The molecule has 66 valence electrons. The standard InChI is InChI=1S/C10H16P2/c1-10(2,3)12-9-7-5-4-6-8(9)11/h4-7,12H,11H2,1-3H3. The second-order valence-electron chi connectivity index (χ2n) is 3.96. The average Bonchev–Trinajstić information content (AvgIpc) is 1.91. The monoisotopic (exact) mass is 198 g/mol. The normalized spacial score (nSPS) is 12.7. The predicted molar refractivity (Wildman–Crippen MR) is 63.5 cm³/mol. The van der Waals surface area contributed by atoms with Crippen LogP contribution in [0.15, 0.2) is 24.3 Å². The van der Waals surface area contributed by atoms with Crippen LogP contribution in [-0.2, 0) is 0 Å². The molecule has 0 nitrogen and oxygen atoms in total. The Labute approximate surface area is 79.1 Å². The van der Waals surface area contributed by atoms with Gasteiger partial charge in [-0.15, -0.1) is 9.24 Å². The van der Waals surface area contributed by atoms with E-state index >= 15 is 0 Å². The van der Waals surface area contributed by atoms with Crippen LogP contribution in [0.1, 0.15) is 20.8 Å². The van der Waals surface area contributed by atoms with E-state index in [1.54, 1.807) is 0 Å². The second-order valence-corrected chi connectivity index (χ2v) is 6.87. The third-order valence-corrected chi connectivity index (χ3v) is 3.74. The Morgan fingerprint density at radius 3 is 2.25 bits per heavy atom. The molecule has 0 amide bonds. The highest BCUT2D eigenvalue weighted by Gasteiger charge is 2.11. The van der Waals surface area contributed by atoms with Crippen molar-refractivity contribution in [1.82, 2.24) is 0 Å². The van der Waals surface area contributed by atoms with Gasteiger partial charge in [-0.25, -0.2) is 0 Å². The summed E-state index contributed by atoms with van der Waals surface area (Å²) < 4.78 is 0. The Kier molecular flexibility index (Phi) is 3.27. The van der Waals surface area contributed by atoms with Crippen molar-refractivity contribution >= 4 is 28.4 Å². The molecule has 0 aliphatic rings. The highest BCUT2D eigenvalue weighted by molar-refractivity contribution is 7.51. The first-order chi connectivity index (χ1) is 5.49. The Balaban J connectivity index is 2.83. The molecule has 0 saturated heterocycles. The zero-order valence-corrected chi connectivity index (χ0v) is 10.0. The van der Waals surface area contributed by atoms with Gasteiger partial charge in [-0.05, 0) is 15.8 Å². The molecule has 2 heteroatoms. The molecule has 12 heavy (non-hydrogen) atoms. The average molecular weight is 198 g/mol. The van der Waals surface area contributed by atoms with Crippen molar-refractivity contribution < 1.29 is 0 Å². The molecule has 0 N–H and O–H groups in total. The topological polar surface area (TPSA) is 0 Å². The number of benzene rings is 1. The molecule has 0 radical (unpaired) electrons. The zero-order valence-electron chi connectivity index (χ0n) is 7.89. The fourth-order valence-corrected chi connectivity index (χ4v) is 2.65. The van der Waals surface area contributed by atoms with Gasteiger partial charge in [0.15, 0.2) is 0 Å². The molecular weight excluding hydrogens is 182 g/mol. The molecule has 1 rings (SSSR count). The minimum Gasteiger partial charge on any atom is -0.105 e. The molecule has 0 aromatic heterocycles. The van der Waals surface area contributed by atoms with Gasteiger partial charge in [-0.2, -0.15) is 0 Å². The van der Waals surface area contributed by atoms with Gasteiger partial charge in [-0.1, -0.05) is 53.6 Å². The fourth-order valence-electron chi connectivity index (χ4n) is 1.01. The molecule has 1 aromatic rings. The Morgan fingerprint density at radius 1 is 1.17 bits per heavy atom. The van der Waals surface area contributed by atoms with Crippen molar-refractivity contribution in [2.24, 2.45) is 0 Å². The lowest BCUT2D eigenvalue weighted by atomic mass is 10.3. The quantitative estimate of drug-likeness (QED) is 0.607. The molecular formula is C10H16P2. The molecule has 0 fully saturated rings. The van der Waals surface area contributed by atoms with E-state index in [4.69, 9.17) is 0 Å². The van der Waals surface area contributed by atoms with Gasteiger partial charge in [0.05, 0.1) is 0 Å². The smallest absolute Gasteiger partial charge is 0.0166 e. The van der Waals surface area contributed by atoms with Crippen LogP contribution in [0.25, 0.3) is 0 Å². The van der Waals surface area contributed by atoms with Gasteiger partial charge >= 0.3 is 0 Å². The SMILES string of the molecule is CC(C)(C)Pc1ccccc1P.